The minimum atomic E-state index is -0.593. The maximum Gasteiger partial charge on any atom is 0.326 e. The number of aryl methyl sites for hydroxylation is 1. The summed E-state index contributed by atoms with van der Waals surface area (Å²) in [7, 11) is 0. The molecule has 0 saturated carbocycles. The number of imide groups is 1. The van der Waals surface area contributed by atoms with Crippen molar-refractivity contribution >= 4 is 29.2 Å². The zero-order chi connectivity index (χ0) is 14.5. The second-order valence-electron chi connectivity index (χ2n) is 4.20. The fourth-order valence-electron chi connectivity index (χ4n) is 1.68. The largest absolute Gasteiger partial charge is 0.326 e. The van der Waals surface area contributed by atoms with Gasteiger partial charge >= 0.3 is 6.03 Å². The predicted octanol–water partition coefficient (Wildman–Crippen LogP) is 3.61. The number of urea groups is 1. The van der Waals surface area contributed by atoms with E-state index in [9.17, 15) is 9.59 Å². The van der Waals surface area contributed by atoms with E-state index in [1.807, 2.05) is 19.1 Å². The number of nitrogens with one attached hydrogen (secondary N) is 2. The number of halogens is 1. The van der Waals surface area contributed by atoms with Crippen molar-refractivity contribution in [3.63, 3.8) is 0 Å². The smallest absolute Gasteiger partial charge is 0.307 e. The minimum absolute atomic E-state index is 0.258. The lowest BCUT2D eigenvalue weighted by Crippen LogP contribution is -2.34. The number of para-hydroxylation sites is 1. The van der Waals surface area contributed by atoms with Crippen molar-refractivity contribution in [2.75, 3.05) is 5.32 Å². The van der Waals surface area contributed by atoms with E-state index in [2.05, 4.69) is 10.6 Å². The zero-order valence-corrected chi connectivity index (χ0v) is 11.6. The van der Waals surface area contributed by atoms with Gasteiger partial charge in [0.05, 0.1) is 10.6 Å². The molecular formula is C15H13ClN2O2. The lowest BCUT2D eigenvalue weighted by Gasteiger charge is -2.09. The molecule has 3 amide bonds. The van der Waals surface area contributed by atoms with E-state index in [0.717, 1.165) is 5.56 Å². The Hall–Kier alpha value is -2.33. The summed E-state index contributed by atoms with van der Waals surface area (Å²) in [6.45, 7) is 1.87. The summed E-state index contributed by atoms with van der Waals surface area (Å²) < 4.78 is 0. The number of benzene rings is 2. The number of hydrogen-bond donors (Lipinski definition) is 2. The van der Waals surface area contributed by atoms with Gasteiger partial charge in [-0.05, 0) is 30.7 Å². The molecule has 102 valence electrons. The van der Waals surface area contributed by atoms with E-state index in [-0.39, 0.29) is 5.56 Å². The SMILES string of the molecule is Cc1ccccc1NC(=O)NC(=O)c1ccccc1Cl. The van der Waals surface area contributed by atoms with Crippen LogP contribution in [0.3, 0.4) is 0 Å². The molecule has 0 spiro atoms. The number of carbonyl (C=O) groups is 2. The molecule has 2 aromatic carbocycles. The summed E-state index contributed by atoms with van der Waals surface area (Å²) in [5, 5.41) is 5.16. The molecule has 2 rings (SSSR count). The van der Waals surface area contributed by atoms with Crippen LogP contribution in [0.25, 0.3) is 0 Å². The van der Waals surface area contributed by atoms with Gasteiger partial charge in [-0.2, -0.15) is 0 Å². The van der Waals surface area contributed by atoms with E-state index < -0.39 is 11.9 Å². The minimum Gasteiger partial charge on any atom is -0.307 e. The van der Waals surface area contributed by atoms with E-state index in [1.165, 1.54) is 0 Å². The van der Waals surface area contributed by atoms with Gasteiger partial charge in [0.1, 0.15) is 0 Å². The first kappa shape index (κ1) is 14.1. The normalized spacial score (nSPS) is 9.90. The van der Waals surface area contributed by atoms with Crippen LogP contribution in [0.1, 0.15) is 15.9 Å². The molecule has 0 saturated heterocycles. The van der Waals surface area contributed by atoms with Crippen molar-refractivity contribution in [1.29, 1.82) is 0 Å². The molecule has 0 unspecified atom stereocenters. The van der Waals surface area contributed by atoms with Gasteiger partial charge in [-0.3, -0.25) is 10.1 Å². The van der Waals surface area contributed by atoms with Gasteiger partial charge in [0.15, 0.2) is 0 Å². The van der Waals surface area contributed by atoms with Gasteiger partial charge in [-0.1, -0.05) is 41.9 Å². The second-order valence-corrected chi connectivity index (χ2v) is 4.61. The average Bonchev–Trinajstić information content (AvgIpc) is 2.41. The predicted molar refractivity (Wildman–Crippen MR) is 79.1 cm³/mol. The van der Waals surface area contributed by atoms with Crippen LogP contribution in [-0.4, -0.2) is 11.9 Å². The third kappa shape index (κ3) is 3.36. The third-order valence-corrected chi connectivity index (χ3v) is 3.07. The van der Waals surface area contributed by atoms with Gasteiger partial charge in [0, 0.05) is 5.69 Å². The highest BCUT2D eigenvalue weighted by Gasteiger charge is 2.13. The Morgan fingerprint density at radius 3 is 2.35 bits per heavy atom. The molecule has 4 nitrogen and oxygen atoms in total. The first-order chi connectivity index (χ1) is 9.58. The van der Waals surface area contributed by atoms with Crippen molar-refractivity contribution in [2.45, 2.75) is 6.92 Å². The van der Waals surface area contributed by atoms with Gasteiger partial charge in [-0.25, -0.2) is 4.79 Å². The summed E-state index contributed by atoms with van der Waals surface area (Å²) in [5.74, 6) is -0.540. The molecule has 2 N–H and O–H groups in total. The van der Waals surface area contributed by atoms with E-state index in [4.69, 9.17) is 11.6 Å². The number of carbonyl (C=O) groups excluding carboxylic acids is 2. The fourth-order valence-corrected chi connectivity index (χ4v) is 1.90. The lowest BCUT2D eigenvalue weighted by molar-refractivity contribution is 0.0967. The van der Waals surface area contributed by atoms with Crippen molar-refractivity contribution < 1.29 is 9.59 Å². The van der Waals surface area contributed by atoms with Crippen molar-refractivity contribution in [2.24, 2.45) is 0 Å². The lowest BCUT2D eigenvalue weighted by atomic mass is 10.2. The zero-order valence-electron chi connectivity index (χ0n) is 10.8. The molecule has 0 aliphatic carbocycles. The molecule has 0 fully saturated rings. The molecule has 2 aromatic rings. The highest BCUT2D eigenvalue weighted by atomic mass is 35.5. The Balaban J connectivity index is 2.04. The van der Waals surface area contributed by atoms with Crippen LogP contribution in [0.4, 0.5) is 10.5 Å². The second kappa shape index (κ2) is 6.21. The molecule has 0 bridgehead atoms. The van der Waals surface area contributed by atoms with E-state index in [0.29, 0.717) is 10.7 Å². The van der Waals surface area contributed by atoms with Gasteiger partial charge in [0.2, 0.25) is 0 Å². The monoisotopic (exact) mass is 288 g/mol. The van der Waals surface area contributed by atoms with Crippen LogP contribution >= 0.6 is 11.6 Å². The Kier molecular flexibility index (Phi) is 4.38. The fraction of sp³-hybridized carbons (Fsp3) is 0.0667. The number of rotatable bonds is 2. The van der Waals surface area contributed by atoms with Crippen molar-refractivity contribution in [3.8, 4) is 0 Å². The number of hydrogen-bond acceptors (Lipinski definition) is 2. The Morgan fingerprint density at radius 1 is 1.00 bits per heavy atom. The maximum absolute atomic E-state index is 11.9. The van der Waals surface area contributed by atoms with Crippen LogP contribution in [-0.2, 0) is 0 Å². The van der Waals surface area contributed by atoms with Crippen LogP contribution in [0.2, 0.25) is 5.02 Å². The quantitative estimate of drug-likeness (QED) is 0.887. The highest BCUT2D eigenvalue weighted by molar-refractivity contribution is 6.34. The summed E-state index contributed by atoms with van der Waals surface area (Å²) in [5.41, 5.74) is 1.82. The van der Waals surface area contributed by atoms with Crippen LogP contribution in [0.5, 0.6) is 0 Å². The average molecular weight is 289 g/mol. The summed E-state index contributed by atoms with van der Waals surface area (Å²) in [6, 6.07) is 13.2. The molecule has 0 aromatic heterocycles. The first-order valence-electron chi connectivity index (χ1n) is 6.00. The van der Waals surface area contributed by atoms with E-state index >= 15 is 0 Å². The number of anilines is 1. The summed E-state index contributed by atoms with van der Waals surface area (Å²) in [4.78, 5) is 23.7. The Bertz CT molecular complexity index is 656. The Labute approximate surface area is 121 Å². The summed E-state index contributed by atoms with van der Waals surface area (Å²) >= 11 is 5.90. The van der Waals surface area contributed by atoms with Crippen molar-refractivity contribution in [3.05, 3.63) is 64.7 Å². The standard InChI is InChI=1S/C15H13ClN2O2/c1-10-6-2-5-9-13(10)17-15(20)18-14(19)11-7-3-4-8-12(11)16/h2-9H,1H3,(H2,17,18,19,20). The molecule has 20 heavy (non-hydrogen) atoms. The molecule has 5 heteroatoms. The third-order valence-electron chi connectivity index (χ3n) is 2.74. The van der Waals surface area contributed by atoms with Gasteiger partial charge in [0.25, 0.3) is 5.91 Å². The molecule has 0 aliphatic rings. The van der Waals surface area contributed by atoms with E-state index in [1.54, 1.807) is 36.4 Å². The molecule has 0 heterocycles. The molecule has 0 radical (unpaired) electrons. The first-order valence-corrected chi connectivity index (χ1v) is 6.38. The van der Waals surface area contributed by atoms with Crippen LogP contribution in [0, 0.1) is 6.92 Å². The Morgan fingerprint density at radius 2 is 1.65 bits per heavy atom. The van der Waals surface area contributed by atoms with Gasteiger partial charge < -0.3 is 5.32 Å². The summed E-state index contributed by atoms with van der Waals surface area (Å²) in [6.07, 6.45) is 0. The molecule has 0 aliphatic heterocycles. The van der Waals surface area contributed by atoms with Crippen LogP contribution < -0.4 is 10.6 Å². The maximum atomic E-state index is 11.9. The highest BCUT2D eigenvalue weighted by Crippen LogP contribution is 2.15. The topological polar surface area (TPSA) is 58.2 Å². The van der Waals surface area contributed by atoms with Gasteiger partial charge in [-0.15, -0.1) is 0 Å². The van der Waals surface area contributed by atoms with Crippen molar-refractivity contribution in [1.82, 2.24) is 5.32 Å². The molecule has 0 atom stereocenters. The number of amides is 3. The molecular weight excluding hydrogens is 276 g/mol. The van der Waals surface area contributed by atoms with Crippen LogP contribution in [0.15, 0.2) is 48.5 Å².